The van der Waals surface area contributed by atoms with Gasteiger partial charge in [-0.2, -0.15) is 0 Å². The molecule has 6 heteroatoms. The molecule has 2 aromatic carbocycles. The molecule has 1 aromatic heterocycles. The van der Waals surface area contributed by atoms with Crippen molar-refractivity contribution in [3.8, 4) is 11.5 Å². The van der Waals surface area contributed by atoms with Gasteiger partial charge in [0.15, 0.2) is 17.1 Å². The van der Waals surface area contributed by atoms with Gasteiger partial charge in [-0.1, -0.05) is 24.3 Å². The van der Waals surface area contributed by atoms with E-state index in [1.54, 1.807) is 6.07 Å². The molecule has 3 aliphatic heterocycles. The van der Waals surface area contributed by atoms with Gasteiger partial charge >= 0.3 is 0 Å². The van der Waals surface area contributed by atoms with E-state index in [1.165, 1.54) is 25.7 Å². The number of hydrogen-bond donors (Lipinski definition) is 2. The highest BCUT2D eigenvalue weighted by Crippen LogP contribution is 2.71. The summed E-state index contributed by atoms with van der Waals surface area (Å²) in [4.78, 5) is 2.23. The lowest BCUT2D eigenvalue weighted by Gasteiger charge is -2.63. The summed E-state index contributed by atoms with van der Waals surface area (Å²) in [5.74, 6) is 0.738. The van der Waals surface area contributed by atoms with Gasteiger partial charge in [-0.15, -0.1) is 0 Å². The average Bonchev–Trinajstić information content (AvgIpc) is 3.11. The van der Waals surface area contributed by atoms with Crippen LogP contribution in [0.3, 0.4) is 0 Å². The van der Waals surface area contributed by atoms with Gasteiger partial charge in [0.2, 0.25) is 0 Å². The summed E-state index contributed by atoms with van der Waals surface area (Å²) in [5, 5.41) is 24.2. The monoisotopic (exact) mass is 500 g/mol. The maximum Gasteiger partial charge on any atom is 0.179 e. The summed E-state index contributed by atoms with van der Waals surface area (Å²) in [6.07, 6.45) is 1.42. The number of phenolic OH excluding ortho intramolecular Hbond substituents is 1. The number of piperidine rings is 1. The van der Waals surface area contributed by atoms with Gasteiger partial charge in [0.05, 0.1) is 28.8 Å². The molecule has 0 unspecified atom stereocenters. The van der Waals surface area contributed by atoms with Gasteiger partial charge < -0.3 is 24.4 Å². The molecule has 1 fully saturated rings. The number of para-hydroxylation sites is 2. The topological polar surface area (TPSA) is 57.9 Å². The number of nitrogens with zero attached hydrogens (tertiary/aromatic N) is 2. The molecule has 0 saturated carbocycles. The van der Waals surface area contributed by atoms with Crippen LogP contribution in [0.5, 0.6) is 11.5 Å². The molecule has 7 rings (SSSR count). The minimum Gasteiger partial charge on any atom is -0.504 e. The third kappa shape index (κ3) is 1.60. The van der Waals surface area contributed by atoms with Crippen molar-refractivity contribution >= 4 is 33.5 Å². The van der Waals surface area contributed by atoms with E-state index in [4.69, 9.17) is 4.74 Å². The van der Waals surface area contributed by atoms with Crippen molar-refractivity contribution in [3.05, 3.63) is 56.8 Å². The van der Waals surface area contributed by atoms with Crippen LogP contribution in [0.1, 0.15) is 23.2 Å². The minimum absolute atomic E-state index is 0.174. The lowest BCUT2D eigenvalue weighted by molar-refractivity contribution is -0.190. The number of halogens is 1. The largest absolute Gasteiger partial charge is 0.504 e. The molecular formula is C23H21IN2O3. The number of likely N-dealkylation sites (N-methyl/N-ethyl adjacent to an activating group) is 1. The number of aromatic hydroxyl groups is 1. The Balaban J connectivity index is 1.62. The van der Waals surface area contributed by atoms with Crippen molar-refractivity contribution in [2.75, 3.05) is 20.1 Å². The zero-order valence-electron chi connectivity index (χ0n) is 16.1. The molecule has 2 N–H and O–H groups in total. The number of β-amino-alcohol motifs (C(OH)–C–C–N with tert-alkyl or cyclic N) is 1. The first-order valence-electron chi connectivity index (χ1n) is 10.1. The molecular weight excluding hydrogens is 479 g/mol. The molecule has 29 heavy (non-hydrogen) atoms. The zero-order chi connectivity index (χ0) is 19.8. The summed E-state index contributed by atoms with van der Waals surface area (Å²) in [7, 11) is 2.08. The molecule has 3 atom stereocenters. The van der Waals surface area contributed by atoms with Crippen molar-refractivity contribution in [2.24, 2.45) is 0 Å². The zero-order valence-corrected chi connectivity index (χ0v) is 18.2. The number of aromatic nitrogens is 1. The van der Waals surface area contributed by atoms with E-state index >= 15 is 0 Å². The molecule has 4 aliphatic rings. The fraction of sp³-hybridized carbons (Fsp3) is 0.391. The molecule has 1 aliphatic carbocycles. The van der Waals surface area contributed by atoms with E-state index in [2.05, 4.69) is 63.4 Å². The Kier molecular flexibility index (Phi) is 2.88. The Bertz CT molecular complexity index is 1250. The standard InChI is InChI=1S/C23H21IN2O3/c1-25-9-8-22-15-5-3-7-17(27)19(15)29-23(22)12-26-18-13(4-2-6-16(18)24)14(20(23)26)10-21(22,28)11-25/h2-7,27-28H,8-12H2,1H3/t21-,22+,23+/m1/s1. The summed E-state index contributed by atoms with van der Waals surface area (Å²) >= 11 is 2.41. The van der Waals surface area contributed by atoms with Crippen LogP contribution in [0.2, 0.25) is 0 Å². The molecule has 0 amide bonds. The predicted molar refractivity (Wildman–Crippen MR) is 118 cm³/mol. The number of phenols is 1. The second kappa shape index (κ2) is 4.92. The Labute approximate surface area is 182 Å². The Hall–Kier alpha value is -1.77. The molecule has 148 valence electrons. The van der Waals surface area contributed by atoms with E-state index in [0.29, 0.717) is 25.3 Å². The highest BCUT2D eigenvalue weighted by molar-refractivity contribution is 14.1. The maximum absolute atomic E-state index is 12.3. The van der Waals surface area contributed by atoms with Crippen molar-refractivity contribution in [1.29, 1.82) is 0 Å². The van der Waals surface area contributed by atoms with Crippen molar-refractivity contribution in [1.82, 2.24) is 9.47 Å². The number of likely N-dealkylation sites (tertiary alicyclic amines) is 1. The minimum atomic E-state index is -0.952. The molecule has 1 saturated heterocycles. The maximum atomic E-state index is 12.3. The average molecular weight is 500 g/mol. The Morgan fingerprint density at radius 2 is 1.97 bits per heavy atom. The molecule has 3 aromatic rings. The van der Waals surface area contributed by atoms with E-state index in [0.717, 1.165) is 18.5 Å². The lowest BCUT2D eigenvalue weighted by atomic mass is 9.48. The number of ether oxygens (including phenoxy) is 1. The van der Waals surface area contributed by atoms with Gasteiger partial charge in [0.1, 0.15) is 0 Å². The predicted octanol–water partition coefficient (Wildman–Crippen LogP) is 3.11. The second-order valence-electron chi connectivity index (χ2n) is 9.23. The smallest absolute Gasteiger partial charge is 0.179 e. The first kappa shape index (κ1) is 17.0. The molecule has 5 nitrogen and oxygen atoms in total. The molecule has 4 heterocycles. The first-order chi connectivity index (χ1) is 13.9. The van der Waals surface area contributed by atoms with Gasteiger partial charge in [-0.25, -0.2) is 0 Å². The third-order valence-electron chi connectivity index (χ3n) is 7.98. The fourth-order valence-electron chi connectivity index (χ4n) is 7.02. The van der Waals surface area contributed by atoms with E-state index in [9.17, 15) is 10.2 Å². The molecule has 2 spiro atoms. The van der Waals surface area contributed by atoms with Gasteiger partial charge in [0.25, 0.3) is 0 Å². The SMILES string of the molecule is CN1CC[C@@]23c4cccc(O)c4O[C@]24Cn2c4c(c4cccc(I)c42)C[C@@]3(O)C1. The first-order valence-corrected chi connectivity index (χ1v) is 11.2. The van der Waals surface area contributed by atoms with Crippen LogP contribution >= 0.6 is 22.6 Å². The van der Waals surface area contributed by atoms with Gasteiger partial charge in [-0.05, 0) is 60.3 Å². The number of rotatable bonds is 0. The summed E-state index contributed by atoms with van der Waals surface area (Å²) in [6, 6.07) is 12.0. The van der Waals surface area contributed by atoms with Crippen LogP contribution in [0, 0.1) is 3.57 Å². The van der Waals surface area contributed by atoms with E-state index in [1.807, 2.05) is 6.07 Å². The van der Waals surface area contributed by atoms with E-state index in [-0.39, 0.29) is 5.75 Å². The number of benzene rings is 2. The third-order valence-corrected chi connectivity index (χ3v) is 8.85. The van der Waals surface area contributed by atoms with Gasteiger partial charge in [-0.3, -0.25) is 0 Å². The van der Waals surface area contributed by atoms with Crippen LogP contribution in [-0.4, -0.2) is 45.4 Å². The molecule has 0 bridgehead atoms. The van der Waals surface area contributed by atoms with Crippen molar-refractivity contribution < 1.29 is 14.9 Å². The van der Waals surface area contributed by atoms with E-state index < -0.39 is 16.6 Å². The lowest BCUT2D eigenvalue weighted by Crippen LogP contribution is -2.76. The second-order valence-corrected chi connectivity index (χ2v) is 10.4. The Morgan fingerprint density at radius 3 is 2.83 bits per heavy atom. The number of aliphatic hydroxyl groups is 1. The van der Waals surface area contributed by atoms with Crippen LogP contribution in [0.25, 0.3) is 10.9 Å². The van der Waals surface area contributed by atoms with Crippen molar-refractivity contribution in [3.63, 3.8) is 0 Å². The van der Waals surface area contributed by atoms with Crippen LogP contribution in [0.15, 0.2) is 36.4 Å². The summed E-state index contributed by atoms with van der Waals surface area (Å²) in [5.41, 5.74) is 2.55. The van der Waals surface area contributed by atoms with Crippen LogP contribution in [-0.2, 0) is 24.0 Å². The highest BCUT2D eigenvalue weighted by atomic mass is 127. The van der Waals surface area contributed by atoms with Crippen LogP contribution < -0.4 is 4.74 Å². The van der Waals surface area contributed by atoms with Crippen molar-refractivity contribution in [2.45, 2.75) is 36.0 Å². The van der Waals surface area contributed by atoms with Gasteiger partial charge in [0, 0.05) is 27.5 Å². The number of fused-ring (bicyclic) bond motifs is 4. The summed E-state index contributed by atoms with van der Waals surface area (Å²) < 4.78 is 10.3. The molecule has 0 radical (unpaired) electrons. The van der Waals surface area contributed by atoms with Crippen LogP contribution in [0.4, 0.5) is 0 Å². The summed E-state index contributed by atoms with van der Waals surface area (Å²) in [6.45, 7) is 2.21. The fourth-order valence-corrected chi connectivity index (χ4v) is 7.81. The highest BCUT2D eigenvalue weighted by Gasteiger charge is 2.77. The number of hydrogen-bond acceptors (Lipinski definition) is 4. The Morgan fingerprint density at radius 1 is 1.14 bits per heavy atom. The normalized spacial score (nSPS) is 34.0. The quantitative estimate of drug-likeness (QED) is 0.466.